The normalized spacial score (nSPS) is 11.1. The first kappa shape index (κ1) is 15.8. The Labute approximate surface area is 142 Å². The lowest BCUT2D eigenvalue weighted by molar-refractivity contribution is 0.0997. The summed E-state index contributed by atoms with van der Waals surface area (Å²) in [7, 11) is 0. The minimum absolute atomic E-state index is 0.256. The molecule has 0 aliphatic heterocycles. The van der Waals surface area contributed by atoms with Crippen molar-refractivity contribution in [3.63, 3.8) is 0 Å². The maximum atomic E-state index is 12.6. The number of furan rings is 1. The van der Waals surface area contributed by atoms with Crippen LogP contribution in [0.5, 0.6) is 0 Å². The smallest absolute Gasteiger partial charge is 0.292 e. The fourth-order valence-electron chi connectivity index (χ4n) is 2.51. The Balaban J connectivity index is 1.86. The highest BCUT2D eigenvalue weighted by Crippen LogP contribution is 2.28. The summed E-state index contributed by atoms with van der Waals surface area (Å²) in [5.41, 5.74) is 1.54. The van der Waals surface area contributed by atoms with Crippen molar-refractivity contribution in [2.75, 3.05) is 5.32 Å². The molecule has 1 amide bonds. The van der Waals surface area contributed by atoms with Gasteiger partial charge in [-0.3, -0.25) is 4.79 Å². The molecule has 0 saturated heterocycles. The molecular weight excluding hydrogens is 358 g/mol. The molecule has 5 nitrogen and oxygen atoms in total. The second-order valence-electron chi connectivity index (χ2n) is 5.44. The third-order valence-electron chi connectivity index (χ3n) is 3.79. The molecule has 1 aromatic carbocycles. The Hall–Kier alpha value is -2.08. The average molecular weight is 376 g/mol. The summed E-state index contributed by atoms with van der Waals surface area (Å²) in [6.07, 6.45) is 3.78. The van der Waals surface area contributed by atoms with Gasteiger partial charge >= 0.3 is 0 Å². The molecule has 2 heterocycles. The molecule has 0 radical (unpaired) electrons. The van der Waals surface area contributed by atoms with E-state index in [-0.39, 0.29) is 5.91 Å². The number of aromatic nitrogens is 2. The highest BCUT2D eigenvalue weighted by Gasteiger charge is 2.19. The number of nitrogens with zero attached hydrogens (tertiary/aromatic N) is 2. The number of anilines is 1. The summed E-state index contributed by atoms with van der Waals surface area (Å²) in [5.74, 6) is 0.763. The summed E-state index contributed by atoms with van der Waals surface area (Å²) < 4.78 is 8.48. The molecule has 0 unspecified atom stereocenters. The number of amides is 1. The third-order valence-corrected chi connectivity index (χ3v) is 4.28. The van der Waals surface area contributed by atoms with E-state index in [1.165, 1.54) is 0 Å². The van der Waals surface area contributed by atoms with Gasteiger partial charge in [-0.1, -0.05) is 29.3 Å². The Morgan fingerprint density at radius 2 is 2.22 bits per heavy atom. The van der Waals surface area contributed by atoms with Crippen LogP contribution >= 0.6 is 15.9 Å². The number of hydrogen-bond acceptors (Lipinski definition) is 3. The van der Waals surface area contributed by atoms with Crippen LogP contribution in [0.15, 0.2) is 39.4 Å². The van der Waals surface area contributed by atoms with E-state index in [4.69, 9.17) is 4.42 Å². The summed E-state index contributed by atoms with van der Waals surface area (Å²) in [6.45, 7) is 4.80. The van der Waals surface area contributed by atoms with Crippen LogP contribution in [0.1, 0.15) is 35.9 Å². The van der Waals surface area contributed by atoms with Crippen LogP contribution in [0.25, 0.3) is 11.0 Å². The van der Waals surface area contributed by atoms with E-state index in [2.05, 4.69) is 33.3 Å². The molecule has 0 atom stereocenters. The number of aryl methyl sites for hydroxylation is 2. The van der Waals surface area contributed by atoms with Gasteiger partial charge in [0.05, 0.1) is 6.20 Å². The number of halogens is 1. The Morgan fingerprint density at radius 1 is 1.39 bits per heavy atom. The van der Waals surface area contributed by atoms with Crippen LogP contribution in [-0.2, 0) is 6.54 Å². The lowest BCUT2D eigenvalue weighted by Gasteiger charge is -2.07. The van der Waals surface area contributed by atoms with Gasteiger partial charge in [-0.2, -0.15) is 5.10 Å². The number of nitrogens with one attached hydrogen (secondary N) is 1. The van der Waals surface area contributed by atoms with Crippen molar-refractivity contribution in [3.8, 4) is 0 Å². The van der Waals surface area contributed by atoms with Crippen LogP contribution < -0.4 is 5.32 Å². The first-order chi connectivity index (χ1) is 11.1. The van der Waals surface area contributed by atoms with Crippen molar-refractivity contribution in [1.82, 2.24) is 9.78 Å². The zero-order chi connectivity index (χ0) is 16.4. The molecule has 0 aliphatic rings. The maximum Gasteiger partial charge on any atom is 0.292 e. The number of benzene rings is 1. The molecule has 0 bridgehead atoms. The SMILES string of the molecule is CCCCn1nccc1NC(=O)c1oc2ccc(Br)cc2c1C. The molecule has 2 aromatic heterocycles. The van der Waals surface area contributed by atoms with Gasteiger partial charge < -0.3 is 9.73 Å². The molecule has 23 heavy (non-hydrogen) atoms. The zero-order valence-electron chi connectivity index (χ0n) is 13.1. The molecule has 0 fully saturated rings. The van der Waals surface area contributed by atoms with Crippen LogP contribution in [0, 0.1) is 6.92 Å². The fourth-order valence-corrected chi connectivity index (χ4v) is 2.87. The topological polar surface area (TPSA) is 60.1 Å². The monoisotopic (exact) mass is 375 g/mol. The van der Waals surface area contributed by atoms with Gasteiger partial charge in [0.15, 0.2) is 5.76 Å². The minimum atomic E-state index is -0.256. The van der Waals surface area contributed by atoms with Crippen molar-refractivity contribution in [2.45, 2.75) is 33.2 Å². The number of hydrogen-bond donors (Lipinski definition) is 1. The van der Waals surface area contributed by atoms with Crippen LogP contribution in [-0.4, -0.2) is 15.7 Å². The van der Waals surface area contributed by atoms with Crippen molar-refractivity contribution < 1.29 is 9.21 Å². The van der Waals surface area contributed by atoms with Crippen LogP contribution in [0.4, 0.5) is 5.82 Å². The van der Waals surface area contributed by atoms with Crippen LogP contribution in [0.3, 0.4) is 0 Å². The Kier molecular flexibility index (Phi) is 4.52. The number of unbranched alkanes of at least 4 members (excludes halogenated alkanes) is 1. The second kappa shape index (κ2) is 6.58. The van der Waals surface area contributed by atoms with Gasteiger partial charge in [0.1, 0.15) is 11.4 Å². The van der Waals surface area contributed by atoms with Crippen molar-refractivity contribution in [1.29, 1.82) is 0 Å². The largest absolute Gasteiger partial charge is 0.451 e. The maximum absolute atomic E-state index is 12.6. The highest BCUT2D eigenvalue weighted by molar-refractivity contribution is 9.10. The zero-order valence-corrected chi connectivity index (χ0v) is 14.7. The van der Waals surface area contributed by atoms with E-state index < -0.39 is 0 Å². The van der Waals surface area contributed by atoms with Gasteiger partial charge in [-0.25, -0.2) is 4.68 Å². The minimum Gasteiger partial charge on any atom is -0.451 e. The summed E-state index contributed by atoms with van der Waals surface area (Å²) >= 11 is 3.44. The lowest BCUT2D eigenvalue weighted by atomic mass is 10.1. The van der Waals surface area contributed by atoms with E-state index in [1.54, 1.807) is 16.9 Å². The van der Waals surface area contributed by atoms with Gasteiger partial charge in [-0.05, 0) is 31.5 Å². The lowest BCUT2D eigenvalue weighted by Crippen LogP contribution is -2.16. The average Bonchev–Trinajstić information content (AvgIpc) is 3.10. The molecule has 3 aromatic rings. The van der Waals surface area contributed by atoms with Crippen LogP contribution in [0.2, 0.25) is 0 Å². The first-order valence-corrected chi connectivity index (χ1v) is 8.41. The second-order valence-corrected chi connectivity index (χ2v) is 6.36. The van der Waals surface area contributed by atoms with Crippen molar-refractivity contribution >= 4 is 38.6 Å². The van der Waals surface area contributed by atoms with E-state index in [1.807, 2.05) is 25.1 Å². The van der Waals surface area contributed by atoms with E-state index in [0.717, 1.165) is 34.8 Å². The third kappa shape index (κ3) is 3.17. The van der Waals surface area contributed by atoms with Crippen molar-refractivity contribution in [3.05, 3.63) is 46.3 Å². The van der Waals surface area contributed by atoms with Gasteiger partial charge in [-0.15, -0.1) is 0 Å². The number of carbonyl (C=O) groups excluding carboxylic acids is 1. The Bertz CT molecular complexity index is 851. The number of rotatable bonds is 5. The van der Waals surface area contributed by atoms with E-state index in [0.29, 0.717) is 17.2 Å². The molecule has 120 valence electrons. The molecule has 6 heteroatoms. The number of carbonyl (C=O) groups is 1. The number of fused-ring (bicyclic) bond motifs is 1. The summed E-state index contributed by atoms with van der Waals surface area (Å²) in [6, 6.07) is 7.50. The van der Waals surface area contributed by atoms with Gasteiger partial charge in [0.25, 0.3) is 5.91 Å². The molecule has 0 spiro atoms. The summed E-state index contributed by atoms with van der Waals surface area (Å²) in [4.78, 5) is 12.6. The molecule has 0 saturated carbocycles. The van der Waals surface area contributed by atoms with E-state index >= 15 is 0 Å². The molecule has 1 N–H and O–H groups in total. The van der Waals surface area contributed by atoms with E-state index in [9.17, 15) is 4.79 Å². The Morgan fingerprint density at radius 3 is 3.00 bits per heavy atom. The predicted molar refractivity (Wildman–Crippen MR) is 93.7 cm³/mol. The molecule has 3 rings (SSSR count). The molecular formula is C17H18BrN3O2. The quantitative estimate of drug-likeness (QED) is 0.699. The highest BCUT2D eigenvalue weighted by atomic mass is 79.9. The van der Waals surface area contributed by atoms with Gasteiger partial charge in [0, 0.05) is 28.0 Å². The first-order valence-electron chi connectivity index (χ1n) is 7.62. The standard InChI is InChI=1S/C17H18BrN3O2/c1-3-4-9-21-15(7-8-19-21)20-17(22)16-11(2)13-10-12(18)5-6-14(13)23-16/h5-8,10H,3-4,9H2,1-2H3,(H,20,22). The van der Waals surface area contributed by atoms with Gasteiger partial charge in [0.2, 0.25) is 0 Å². The van der Waals surface area contributed by atoms with Crippen molar-refractivity contribution in [2.24, 2.45) is 0 Å². The predicted octanol–water partition coefficient (Wildman–Crippen LogP) is 4.75. The summed E-state index contributed by atoms with van der Waals surface area (Å²) in [5, 5.41) is 8.06. The molecule has 0 aliphatic carbocycles. The fraction of sp³-hybridized carbons (Fsp3) is 0.294.